The minimum Gasteiger partial charge on any atom is -0.381 e. The van der Waals surface area contributed by atoms with Gasteiger partial charge in [0.05, 0.1) is 11.4 Å². The van der Waals surface area contributed by atoms with Gasteiger partial charge in [-0.15, -0.1) is 10.2 Å². The number of nitrogens with zero attached hydrogens (tertiary/aromatic N) is 5. The summed E-state index contributed by atoms with van der Waals surface area (Å²) in [5, 5.41) is 16.4. The number of hydrogen-bond acceptors (Lipinski definition) is 6. The van der Waals surface area contributed by atoms with E-state index in [2.05, 4.69) is 38.5 Å². The van der Waals surface area contributed by atoms with E-state index in [1.807, 2.05) is 0 Å². The van der Waals surface area contributed by atoms with Gasteiger partial charge in [-0.3, -0.25) is 0 Å². The number of hydrogen-bond donors (Lipinski definition) is 1. The summed E-state index contributed by atoms with van der Waals surface area (Å²) in [5.74, 6) is 0. The fraction of sp³-hybridized carbons (Fsp3) is 0.706. The van der Waals surface area contributed by atoms with Gasteiger partial charge in [0, 0.05) is 38.4 Å². The molecule has 2 fully saturated rings. The number of piperidine rings is 1. The van der Waals surface area contributed by atoms with Gasteiger partial charge < -0.3 is 15.0 Å². The quantitative estimate of drug-likeness (QED) is 0.921. The number of ether oxygens (including phenoxy) is 1. The highest BCUT2D eigenvalue weighted by atomic mass is 16.5. The molecule has 2 saturated heterocycles. The van der Waals surface area contributed by atoms with Gasteiger partial charge in [-0.05, 0) is 38.2 Å². The molecule has 0 saturated carbocycles. The topological polar surface area (TPSA) is 67.6 Å². The monoisotopic (exact) mass is 330 g/mol. The molecule has 0 spiro atoms. The Morgan fingerprint density at radius 2 is 2.00 bits per heavy atom. The fourth-order valence-corrected chi connectivity index (χ4v) is 3.84. The normalized spacial score (nSPS) is 21.4. The van der Waals surface area contributed by atoms with Crippen molar-refractivity contribution in [3.05, 3.63) is 18.1 Å². The molecule has 0 aromatic carbocycles. The molecule has 4 heterocycles. The van der Waals surface area contributed by atoms with E-state index in [9.17, 15) is 0 Å². The molecule has 2 aliphatic rings. The molecule has 2 aromatic rings. The molecule has 7 heteroatoms. The highest BCUT2D eigenvalue weighted by Crippen LogP contribution is 2.23. The average molecular weight is 330 g/mol. The van der Waals surface area contributed by atoms with Gasteiger partial charge in [-0.25, -0.2) is 0 Å². The smallest absolute Gasteiger partial charge is 0.200 e. The van der Waals surface area contributed by atoms with Gasteiger partial charge in [0.25, 0.3) is 0 Å². The molecular weight excluding hydrogens is 304 g/mol. The Bertz CT molecular complexity index is 673. The second-order valence-corrected chi connectivity index (χ2v) is 6.80. The molecule has 2 aromatic heterocycles. The summed E-state index contributed by atoms with van der Waals surface area (Å²) >= 11 is 0. The minimum atomic E-state index is 0.494. The van der Waals surface area contributed by atoms with Gasteiger partial charge in [-0.2, -0.15) is 9.61 Å². The predicted molar refractivity (Wildman–Crippen MR) is 92.2 cm³/mol. The van der Waals surface area contributed by atoms with E-state index in [0.29, 0.717) is 6.04 Å². The fourth-order valence-electron chi connectivity index (χ4n) is 3.84. The van der Waals surface area contributed by atoms with Gasteiger partial charge in [0.15, 0.2) is 0 Å². The van der Waals surface area contributed by atoms with Crippen molar-refractivity contribution in [2.45, 2.75) is 51.1 Å². The van der Waals surface area contributed by atoms with Crippen molar-refractivity contribution in [1.29, 1.82) is 0 Å². The van der Waals surface area contributed by atoms with E-state index in [1.54, 1.807) is 10.8 Å². The Hall–Kier alpha value is -1.73. The summed E-state index contributed by atoms with van der Waals surface area (Å²) in [6.45, 7) is 6.29. The standard InChI is InChI=1S/C17H26N6O/c1-2-13-11-16(17-20-18-12-23(17)21-13)19-14-3-7-22(8-4-14)15-5-9-24-10-6-15/h11-12,14-15,19H,2-10H2,1H3. The van der Waals surface area contributed by atoms with Crippen LogP contribution in [0.15, 0.2) is 12.4 Å². The summed E-state index contributed by atoms with van der Waals surface area (Å²) in [4.78, 5) is 2.65. The maximum Gasteiger partial charge on any atom is 0.200 e. The zero-order valence-electron chi connectivity index (χ0n) is 14.3. The summed E-state index contributed by atoms with van der Waals surface area (Å²) in [6, 6.07) is 3.33. The van der Waals surface area contributed by atoms with E-state index in [-0.39, 0.29) is 0 Å². The number of nitrogens with one attached hydrogen (secondary N) is 1. The van der Waals surface area contributed by atoms with E-state index in [4.69, 9.17) is 4.74 Å². The third-order valence-electron chi connectivity index (χ3n) is 5.28. The third-order valence-corrected chi connectivity index (χ3v) is 5.28. The number of anilines is 1. The highest BCUT2D eigenvalue weighted by Gasteiger charge is 2.26. The van der Waals surface area contributed by atoms with E-state index < -0.39 is 0 Å². The molecule has 0 radical (unpaired) electrons. The maximum absolute atomic E-state index is 5.49. The lowest BCUT2D eigenvalue weighted by atomic mass is 9.99. The SMILES string of the molecule is CCc1cc(NC2CCN(C3CCOCC3)CC2)c2nncn2n1. The summed E-state index contributed by atoms with van der Waals surface area (Å²) < 4.78 is 7.26. The van der Waals surface area contributed by atoms with Crippen molar-refractivity contribution in [2.24, 2.45) is 0 Å². The Morgan fingerprint density at radius 1 is 1.21 bits per heavy atom. The van der Waals surface area contributed by atoms with Gasteiger partial charge in [-0.1, -0.05) is 6.92 Å². The van der Waals surface area contributed by atoms with Crippen molar-refractivity contribution < 1.29 is 4.74 Å². The summed E-state index contributed by atoms with van der Waals surface area (Å²) in [7, 11) is 0. The highest BCUT2D eigenvalue weighted by molar-refractivity contribution is 5.67. The second kappa shape index (κ2) is 7.03. The van der Waals surface area contributed by atoms with Crippen LogP contribution in [0.25, 0.3) is 5.65 Å². The number of aromatic nitrogens is 4. The Morgan fingerprint density at radius 3 is 2.75 bits per heavy atom. The first-order valence-corrected chi connectivity index (χ1v) is 9.11. The van der Waals surface area contributed by atoms with E-state index in [1.165, 1.54) is 25.7 Å². The largest absolute Gasteiger partial charge is 0.381 e. The Balaban J connectivity index is 1.41. The number of likely N-dealkylation sites (tertiary alicyclic amines) is 1. The molecule has 0 amide bonds. The van der Waals surface area contributed by atoms with Crippen LogP contribution in [0.2, 0.25) is 0 Å². The lowest BCUT2D eigenvalue weighted by Gasteiger charge is -2.39. The van der Waals surface area contributed by atoms with Gasteiger partial charge in [0.2, 0.25) is 5.65 Å². The van der Waals surface area contributed by atoms with Crippen LogP contribution in [-0.2, 0) is 11.2 Å². The number of fused-ring (bicyclic) bond motifs is 1. The number of aryl methyl sites for hydroxylation is 1. The molecule has 4 rings (SSSR count). The molecule has 0 atom stereocenters. The van der Waals surface area contributed by atoms with Crippen molar-refractivity contribution in [2.75, 3.05) is 31.6 Å². The van der Waals surface area contributed by atoms with Gasteiger partial charge in [0.1, 0.15) is 6.33 Å². The zero-order valence-corrected chi connectivity index (χ0v) is 14.3. The average Bonchev–Trinajstić information content (AvgIpc) is 3.12. The van der Waals surface area contributed by atoms with Crippen LogP contribution in [0.3, 0.4) is 0 Å². The van der Waals surface area contributed by atoms with Crippen molar-refractivity contribution >= 4 is 11.3 Å². The first-order valence-electron chi connectivity index (χ1n) is 9.11. The van der Waals surface area contributed by atoms with Crippen molar-refractivity contribution in [1.82, 2.24) is 24.7 Å². The van der Waals surface area contributed by atoms with Gasteiger partial charge >= 0.3 is 0 Å². The lowest BCUT2D eigenvalue weighted by molar-refractivity contribution is 0.0262. The molecular formula is C17H26N6O. The third kappa shape index (κ3) is 3.23. The molecule has 24 heavy (non-hydrogen) atoms. The van der Waals surface area contributed by atoms with Crippen LogP contribution in [0, 0.1) is 0 Å². The molecule has 2 aliphatic heterocycles. The van der Waals surface area contributed by atoms with Crippen LogP contribution in [0.4, 0.5) is 5.69 Å². The first-order chi connectivity index (χ1) is 11.8. The van der Waals surface area contributed by atoms with Crippen molar-refractivity contribution in [3.8, 4) is 0 Å². The van der Waals surface area contributed by atoms with Crippen molar-refractivity contribution in [3.63, 3.8) is 0 Å². The van der Waals surface area contributed by atoms with Crippen LogP contribution >= 0.6 is 0 Å². The molecule has 0 unspecified atom stereocenters. The van der Waals surface area contributed by atoms with Crippen LogP contribution in [0.5, 0.6) is 0 Å². The molecule has 0 bridgehead atoms. The Kier molecular flexibility index (Phi) is 4.62. The molecule has 0 aliphatic carbocycles. The number of rotatable bonds is 4. The predicted octanol–water partition coefficient (Wildman–Crippen LogP) is 1.74. The van der Waals surface area contributed by atoms with Crippen LogP contribution < -0.4 is 5.32 Å². The van der Waals surface area contributed by atoms with Crippen LogP contribution in [0.1, 0.15) is 38.3 Å². The summed E-state index contributed by atoms with van der Waals surface area (Å²) in [6.07, 6.45) is 7.28. The second-order valence-electron chi connectivity index (χ2n) is 6.80. The summed E-state index contributed by atoms with van der Waals surface area (Å²) in [5.41, 5.74) is 2.94. The molecule has 7 nitrogen and oxygen atoms in total. The maximum atomic E-state index is 5.49. The Labute approximate surface area is 142 Å². The van der Waals surface area contributed by atoms with E-state index in [0.717, 1.165) is 55.8 Å². The lowest BCUT2D eigenvalue weighted by Crippen LogP contribution is -2.46. The van der Waals surface area contributed by atoms with E-state index >= 15 is 0 Å². The minimum absolute atomic E-state index is 0.494. The van der Waals surface area contributed by atoms with Crippen LogP contribution in [-0.4, -0.2) is 63.1 Å². The first kappa shape index (κ1) is 15.8. The molecule has 130 valence electrons. The molecule has 1 N–H and O–H groups in total. The zero-order chi connectivity index (χ0) is 16.4.